The van der Waals surface area contributed by atoms with Crippen LogP contribution in [0, 0.1) is 6.92 Å². The minimum atomic E-state index is -0.0191. The van der Waals surface area contributed by atoms with Gasteiger partial charge in [0.1, 0.15) is 6.54 Å². The molecular weight excluding hydrogens is 392 g/mol. The lowest BCUT2D eigenvalue weighted by Gasteiger charge is -2.17. The number of rotatable bonds is 10. The number of carbonyl (C=O) groups excluding carboxylic acids is 1. The van der Waals surface area contributed by atoms with E-state index in [9.17, 15) is 4.79 Å². The quantitative estimate of drug-likeness (QED) is 0.316. The van der Waals surface area contributed by atoms with Crippen molar-refractivity contribution < 1.29 is 4.79 Å². The Morgan fingerprint density at radius 3 is 2.47 bits per heavy atom. The maximum atomic E-state index is 12.9. The number of aromatic nitrogens is 3. The average Bonchev–Trinajstić information content (AvgIpc) is 3.16. The van der Waals surface area contributed by atoms with Crippen molar-refractivity contribution in [2.75, 3.05) is 17.7 Å². The maximum Gasteiger partial charge on any atom is 0.248 e. The van der Waals surface area contributed by atoms with E-state index in [1.807, 2.05) is 42.5 Å². The van der Waals surface area contributed by atoms with Crippen molar-refractivity contribution in [3.8, 4) is 11.4 Å². The second kappa shape index (κ2) is 11.0. The number of anilines is 1. The third kappa shape index (κ3) is 5.95. The molecule has 0 saturated heterocycles. The Labute approximate surface area is 183 Å². The normalized spacial score (nSPS) is 10.9. The average molecular weight is 423 g/mol. The molecule has 2 aromatic carbocycles. The lowest BCUT2D eigenvalue weighted by atomic mass is 10.1. The van der Waals surface area contributed by atoms with Crippen molar-refractivity contribution in [3.05, 3.63) is 60.2 Å². The van der Waals surface area contributed by atoms with Crippen molar-refractivity contribution in [1.82, 2.24) is 14.8 Å². The maximum absolute atomic E-state index is 12.9. The molecule has 5 nitrogen and oxygen atoms in total. The van der Waals surface area contributed by atoms with E-state index in [-0.39, 0.29) is 12.5 Å². The van der Waals surface area contributed by atoms with Crippen LogP contribution in [-0.2, 0) is 11.3 Å². The van der Waals surface area contributed by atoms with Crippen LogP contribution in [0.4, 0.5) is 5.69 Å². The van der Waals surface area contributed by atoms with E-state index in [0.717, 1.165) is 28.6 Å². The molecule has 0 bridgehead atoms. The highest BCUT2D eigenvalue weighted by molar-refractivity contribution is 7.99. The molecule has 30 heavy (non-hydrogen) atoms. The zero-order chi connectivity index (χ0) is 21.3. The van der Waals surface area contributed by atoms with Crippen LogP contribution >= 0.6 is 11.8 Å². The standard InChI is InChI=1S/C24H30N4OS/c1-4-5-6-10-17-30-24-25-23(20-15-13-19(2)14-16-20)26-28(24)18-22(29)27(3)21-11-8-7-9-12-21/h7-9,11-16H,4-6,10,17-18H2,1-3H3. The van der Waals surface area contributed by atoms with Crippen LogP contribution in [0.25, 0.3) is 11.4 Å². The number of hydrogen-bond acceptors (Lipinski definition) is 4. The fourth-order valence-corrected chi connectivity index (χ4v) is 4.02. The summed E-state index contributed by atoms with van der Waals surface area (Å²) in [5.41, 5.74) is 3.04. The Bertz CT molecular complexity index is 938. The van der Waals surface area contributed by atoms with Gasteiger partial charge in [-0.15, -0.1) is 5.10 Å². The zero-order valence-electron chi connectivity index (χ0n) is 18.0. The number of para-hydroxylation sites is 1. The molecular formula is C24H30N4OS. The third-order valence-electron chi connectivity index (χ3n) is 4.98. The van der Waals surface area contributed by atoms with Gasteiger partial charge in [0, 0.05) is 24.1 Å². The second-order valence-electron chi connectivity index (χ2n) is 7.44. The van der Waals surface area contributed by atoms with Gasteiger partial charge in [0.25, 0.3) is 0 Å². The predicted molar refractivity (Wildman–Crippen MR) is 125 cm³/mol. The van der Waals surface area contributed by atoms with Crippen molar-refractivity contribution in [2.45, 2.75) is 51.2 Å². The summed E-state index contributed by atoms with van der Waals surface area (Å²) in [6, 6.07) is 17.8. The minimum absolute atomic E-state index is 0.0191. The van der Waals surface area contributed by atoms with Crippen molar-refractivity contribution in [3.63, 3.8) is 0 Å². The van der Waals surface area contributed by atoms with E-state index in [4.69, 9.17) is 4.98 Å². The summed E-state index contributed by atoms with van der Waals surface area (Å²) in [5, 5.41) is 5.48. The molecule has 0 aliphatic rings. The third-order valence-corrected chi connectivity index (χ3v) is 6.03. The molecule has 3 rings (SSSR count). The smallest absolute Gasteiger partial charge is 0.248 e. The molecule has 1 heterocycles. The molecule has 3 aromatic rings. The minimum Gasteiger partial charge on any atom is -0.314 e. The van der Waals surface area contributed by atoms with E-state index >= 15 is 0 Å². The molecule has 0 spiro atoms. The number of aryl methyl sites for hydroxylation is 1. The van der Waals surface area contributed by atoms with E-state index < -0.39 is 0 Å². The summed E-state index contributed by atoms with van der Waals surface area (Å²) < 4.78 is 1.75. The van der Waals surface area contributed by atoms with Gasteiger partial charge in [0.15, 0.2) is 11.0 Å². The van der Waals surface area contributed by atoms with E-state index in [2.05, 4.69) is 31.1 Å². The molecule has 1 amide bonds. The van der Waals surface area contributed by atoms with Gasteiger partial charge in [-0.2, -0.15) is 0 Å². The van der Waals surface area contributed by atoms with Crippen LogP contribution in [-0.4, -0.2) is 33.5 Å². The summed E-state index contributed by atoms with van der Waals surface area (Å²) in [4.78, 5) is 19.3. The largest absolute Gasteiger partial charge is 0.314 e. The van der Waals surface area contributed by atoms with E-state index in [1.54, 1.807) is 28.4 Å². The van der Waals surface area contributed by atoms with Crippen LogP contribution in [0.2, 0.25) is 0 Å². The number of hydrogen-bond donors (Lipinski definition) is 0. The van der Waals surface area contributed by atoms with Crippen molar-refractivity contribution >= 4 is 23.4 Å². The molecule has 0 unspecified atom stereocenters. The van der Waals surface area contributed by atoms with Gasteiger partial charge in [-0.25, -0.2) is 9.67 Å². The Morgan fingerprint density at radius 2 is 1.77 bits per heavy atom. The SMILES string of the molecule is CCCCCCSc1nc(-c2ccc(C)cc2)nn1CC(=O)N(C)c1ccccc1. The first-order valence-electron chi connectivity index (χ1n) is 10.5. The zero-order valence-corrected chi connectivity index (χ0v) is 18.9. The van der Waals surface area contributed by atoms with Crippen LogP contribution in [0.3, 0.4) is 0 Å². The summed E-state index contributed by atoms with van der Waals surface area (Å²) in [5.74, 6) is 1.63. The van der Waals surface area contributed by atoms with Gasteiger partial charge in [0.05, 0.1) is 0 Å². The molecule has 0 atom stereocenters. The van der Waals surface area contributed by atoms with Crippen LogP contribution in [0.15, 0.2) is 59.8 Å². The number of amides is 1. The summed E-state index contributed by atoms with van der Waals surface area (Å²) in [7, 11) is 1.80. The number of carbonyl (C=O) groups is 1. The number of thioether (sulfide) groups is 1. The second-order valence-corrected chi connectivity index (χ2v) is 8.50. The number of likely N-dealkylation sites (N-methyl/N-ethyl adjacent to an activating group) is 1. The Balaban J connectivity index is 1.77. The summed E-state index contributed by atoms with van der Waals surface area (Å²) in [6.07, 6.45) is 4.84. The Kier molecular flexibility index (Phi) is 8.08. The first kappa shape index (κ1) is 22.1. The van der Waals surface area contributed by atoms with Gasteiger partial charge < -0.3 is 4.90 Å². The van der Waals surface area contributed by atoms with Gasteiger partial charge in [-0.3, -0.25) is 4.79 Å². The highest BCUT2D eigenvalue weighted by Crippen LogP contribution is 2.24. The first-order chi connectivity index (χ1) is 14.6. The lowest BCUT2D eigenvalue weighted by Crippen LogP contribution is -2.30. The molecule has 0 fully saturated rings. The predicted octanol–water partition coefficient (Wildman–Crippen LogP) is 5.59. The summed E-state index contributed by atoms with van der Waals surface area (Å²) >= 11 is 1.68. The Hall–Kier alpha value is -2.60. The number of benzene rings is 2. The van der Waals surface area contributed by atoms with Gasteiger partial charge >= 0.3 is 0 Å². The van der Waals surface area contributed by atoms with E-state index in [0.29, 0.717) is 5.82 Å². The molecule has 0 N–H and O–H groups in total. The highest BCUT2D eigenvalue weighted by atomic mass is 32.2. The molecule has 0 radical (unpaired) electrons. The van der Waals surface area contributed by atoms with Gasteiger partial charge in [0.2, 0.25) is 5.91 Å². The molecule has 0 saturated carbocycles. The molecule has 158 valence electrons. The van der Waals surface area contributed by atoms with Crippen LogP contribution in [0.1, 0.15) is 38.2 Å². The number of nitrogens with zero attached hydrogens (tertiary/aromatic N) is 4. The molecule has 0 aliphatic heterocycles. The lowest BCUT2D eigenvalue weighted by molar-refractivity contribution is -0.119. The molecule has 6 heteroatoms. The van der Waals surface area contributed by atoms with Gasteiger partial charge in [-0.1, -0.05) is 86.0 Å². The summed E-state index contributed by atoms with van der Waals surface area (Å²) in [6.45, 7) is 4.44. The van der Waals surface area contributed by atoms with Crippen molar-refractivity contribution in [1.29, 1.82) is 0 Å². The fourth-order valence-electron chi connectivity index (χ4n) is 3.08. The molecule has 1 aromatic heterocycles. The van der Waals surface area contributed by atoms with Crippen LogP contribution < -0.4 is 4.90 Å². The first-order valence-corrected chi connectivity index (χ1v) is 11.5. The Morgan fingerprint density at radius 1 is 1.03 bits per heavy atom. The van der Waals surface area contributed by atoms with Gasteiger partial charge in [-0.05, 0) is 25.5 Å². The van der Waals surface area contributed by atoms with E-state index in [1.165, 1.54) is 24.8 Å². The topological polar surface area (TPSA) is 51.0 Å². The fraction of sp³-hybridized carbons (Fsp3) is 0.375. The molecule has 0 aliphatic carbocycles. The van der Waals surface area contributed by atoms with Crippen LogP contribution in [0.5, 0.6) is 0 Å². The number of unbranched alkanes of at least 4 members (excludes halogenated alkanes) is 3. The highest BCUT2D eigenvalue weighted by Gasteiger charge is 2.18. The van der Waals surface area contributed by atoms with Crippen molar-refractivity contribution in [2.24, 2.45) is 0 Å². The monoisotopic (exact) mass is 422 g/mol.